The summed E-state index contributed by atoms with van der Waals surface area (Å²) in [5, 5.41) is 2.74. The molecule has 4 rings (SSSR count). The van der Waals surface area contributed by atoms with Crippen LogP contribution in [0.25, 0.3) is 0 Å². The number of benzene rings is 4. The molecule has 0 N–H and O–H groups in total. The van der Waals surface area contributed by atoms with E-state index < -0.39 is 20.6 Å². The Morgan fingerprint density at radius 1 is 0.788 bits per heavy atom. The number of hydrogen-bond acceptors (Lipinski definition) is 1. The van der Waals surface area contributed by atoms with Crippen LogP contribution in [0.5, 0.6) is 5.75 Å². The number of alkyl halides is 2. The van der Waals surface area contributed by atoms with E-state index in [9.17, 15) is 0 Å². The van der Waals surface area contributed by atoms with Crippen LogP contribution in [-0.2, 0) is 5.92 Å². The fourth-order valence-electron chi connectivity index (χ4n) is 4.15. The summed E-state index contributed by atoms with van der Waals surface area (Å²) in [5.74, 6) is -3.95. The summed E-state index contributed by atoms with van der Waals surface area (Å²) in [5.41, 5.74) is 0.511. The molecule has 0 bridgehead atoms. The minimum atomic E-state index is -3.19. The first-order valence-corrected chi connectivity index (χ1v) is 12.3. The smallest absolute Gasteiger partial charge is 0.283 e. The molecule has 0 amide bonds. The van der Waals surface area contributed by atoms with Gasteiger partial charge in [0, 0.05) is 5.56 Å². The molecule has 0 aliphatic heterocycles. The highest BCUT2D eigenvalue weighted by Crippen LogP contribution is 2.43. The lowest BCUT2D eigenvalue weighted by molar-refractivity contribution is -0.0187. The van der Waals surface area contributed by atoms with Crippen molar-refractivity contribution >= 4 is 24.4 Å². The van der Waals surface area contributed by atoms with Gasteiger partial charge in [0.15, 0.2) is 8.80 Å². The molecular weight excluding hydrogens is 430 g/mol. The predicted molar refractivity (Wildman–Crippen MR) is 134 cm³/mol. The zero-order valence-electron chi connectivity index (χ0n) is 18.4. The van der Waals surface area contributed by atoms with Crippen LogP contribution in [0, 0.1) is 0 Å². The van der Waals surface area contributed by atoms with Crippen LogP contribution in [-0.4, -0.2) is 15.9 Å². The standard InChI is InChI=1S/C29H25F2OSi/c1-3-26(22-13-7-4-8-14-22)29(30,31)27-21-23(32-2)19-20-28(27)33(24-15-9-5-10-16-24)25-17-11-6-12-18-25/h3-21,26H,1H2,2H3. The van der Waals surface area contributed by atoms with Crippen molar-refractivity contribution in [3.8, 4) is 5.75 Å². The van der Waals surface area contributed by atoms with Gasteiger partial charge in [-0.25, -0.2) is 8.78 Å². The van der Waals surface area contributed by atoms with Gasteiger partial charge in [-0.15, -0.1) is 6.58 Å². The second-order valence-electron chi connectivity index (χ2n) is 7.77. The molecule has 1 unspecified atom stereocenters. The van der Waals surface area contributed by atoms with Gasteiger partial charge < -0.3 is 4.74 Å². The molecule has 4 aromatic rings. The van der Waals surface area contributed by atoms with Gasteiger partial charge in [0.2, 0.25) is 0 Å². The second kappa shape index (κ2) is 9.97. The van der Waals surface area contributed by atoms with E-state index >= 15 is 8.78 Å². The molecule has 165 valence electrons. The third kappa shape index (κ3) is 4.66. The lowest BCUT2D eigenvalue weighted by Gasteiger charge is -2.30. The Morgan fingerprint density at radius 2 is 1.30 bits per heavy atom. The van der Waals surface area contributed by atoms with Crippen molar-refractivity contribution in [2.75, 3.05) is 7.11 Å². The minimum absolute atomic E-state index is 0.0165. The van der Waals surface area contributed by atoms with Crippen molar-refractivity contribution in [1.29, 1.82) is 0 Å². The molecule has 4 aromatic carbocycles. The van der Waals surface area contributed by atoms with Crippen molar-refractivity contribution in [2.24, 2.45) is 0 Å². The van der Waals surface area contributed by atoms with E-state index in [1.807, 2.05) is 72.8 Å². The number of ether oxygens (including phenoxy) is 1. The number of methoxy groups -OCH3 is 1. The summed E-state index contributed by atoms with van der Waals surface area (Å²) < 4.78 is 38.1. The topological polar surface area (TPSA) is 9.23 Å². The summed E-state index contributed by atoms with van der Waals surface area (Å²) >= 11 is 0. The molecule has 4 heteroatoms. The summed E-state index contributed by atoms with van der Waals surface area (Å²) in [4.78, 5) is 0. The summed E-state index contributed by atoms with van der Waals surface area (Å²) in [6, 6.07) is 33.7. The average Bonchev–Trinajstić information content (AvgIpc) is 2.86. The zero-order chi connectivity index (χ0) is 23.3. The molecule has 0 aliphatic rings. The molecule has 0 aliphatic carbocycles. The molecule has 0 saturated carbocycles. The highest BCUT2D eigenvalue weighted by atomic mass is 28.3. The fourth-order valence-corrected chi connectivity index (χ4v) is 6.92. The van der Waals surface area contributed by atoms with Crippen LogP contribution >= 0.6 is 0 Å². The summed E-state index contributed by atoms with van der Waals surface area (Å²) in [7, 11) is -0.207. The van der Waals surface area contributed by atoms with Crippen LogP contribution in [0.2, 0.25) is 0 Å². The molecule has 1 nitrogen and oxygen atoms in total. The van der Waals surface area contributed by atoms with Gasteiger partial charge in [0.25, 0.3) is 5.92 Å². The molecule has 33 heavy (non-hydrogen) atoms. The maximum atomic E-state index is 16.4. The summed E-state index contributed by atoms with van der Waals surface area (Å²) in [6.45, 7) is 3.76. The van der Waals surface area contributed by atoms with Crippen LogP contribution in [0.1, 0.15) is 17.0 Å². The molecule has 0 fully saturated rings. The average molecular weight is 456 g/mol. The van der Waals surface area contributed by atoms with Gasteiger partial charge in [-0.1, -0.05) is 114 Å². The molecular formula is C29H25F2OSi. The molecule has 0 aromatic heterocycles. The SMILES string of the molecule is C=CC(c1ccccc1)C(F)(F)c1cc(OC)ccc1[Si](c1ccccc1)c1ccccc1. The van der Waals surface area contributed by atoms with Crippen molar-refractivity contribution < 1.29 is 13.5 Å². The van der Waals surface area contributed by atoms with E-state index in [0.29, 0.717) is 16.5 Å². The monoisotopic (exact) mass is 455 g/mol. The van der Waals surface area contributed by atoms with Crippen molar-refractivity contribution in [1.82, 2.24) is 0 Å². The fraction of sp³-hybridized carbons (Fsp3) is 0.103. The van der Waals surface area contributed by atoms with Gasteiger partial charge in [-0.2, -0.15) is 0 Å². The van der Waals surface area contributed by atoms with E-state index in [-0.39, 0.29) is 5.56 Å². The van der Waals surface area contributed by atoms with Gasteiger partial charge in [0.05, 0.1) is 13.0 Å². The normalized spacial score (nSPS) is 12.4. The highest BCUT2D eigenvalue weighted by Gasteiger charge is 2.44. The number of rotatable bonds is 8. The Kier molecular flexibility index (Phi) is 6.85. The van der Waals surface area contributed by atoms with E-state index in [4.69, 9.17) is 4.74 Å². The Balaban J connectivity index is 1.95. The van der Waals surface area contributed by atoms with Crippen molar-refractivity contribution in [3.05, 3.63) is 133 Å². The van der Waals surface area contributed by atoms with Gasteiger partial charge in [0.1, 0.15) is 5.75 Å². The first kappa shape index (κ1) is 22.7. The quantitative estimate of drug-likeness (QED) is 0.200. The van der Waals surface area contributed by atoms with Crippen molar-refractivity contribution in [3.63, 3.8) is 0 Å². The molecule has 0 spiro atoms. The minimum Gasteiger partial charge on any atom is -0.497 e. The molecule has 1 radical (unpaired) electrons. The Hall–Kier alpha value is -3.50. The van der Waals surface area contributed by atoms with E-state index in [1.165, 1.54) is 19.3 Å². The van der Waals surface area contributed by atoms with Crippen LogP contribution < -0.4 is 20.3 Å². The lowest BCUT2D eigenvalue weighted by atomic mass is 9.88. The predicted octanol–water partition coefficient (Wildman–Crippen LogP) is 5.27. The number of allylic oxidation sites excluding steroid dienone is 1. The number of hydrogen-bond donors (Lipinski definition) is 0. The summed E-state index contributed by atoms with van der Waals surface area (Å²) in [6.07, 6.45) is 1.34. The Labute approximate surface area is 195 Å². The molecule has 0 saturated heterocycles. The van der Waals surface area contributed by atoms with Gasteiger partial charge in [-0.05, 0) is 22.9 Å². The van der Waals surface area contributed by atoms with E-state index in [2.05, 4.69) is 6.58 Å². The molecule has 1 atom stereocenters. The Bertz CT molecular complexity index is 1150. The lowest BCUT2D eigenvalue weighted by Crippen LogP contribution is -2.54. The molecule has 0 heterocycles. The van der Waals surface area contributed by atoms with Crippen molar-refractivity contribution in [2.45, 2.75) is 11.8 Å². The third-order valence-electron chi connectivity index (χ3n) is 5.77. The maximum Gasteiger partial charge on any atom is 0.283 e. The largest absolute Gasteiger partial charge is 0.497 e. The van der Waals surface area contributed by atoms with Crippen LogP contribution in [0.3, 0.4) is 0 Å². The first-order chi connectivity index (χ1) is 16.1. The van der Waals surface area contributed by atoms with E-state index in [1.54, 1.807) is 30.3 Å². The highest BCUT2D eigenvalue weighted by molar-refractivity contribution is 6.95. The van der Waals surface area contributed by atoms with Crippen LogP contribution in [0.4, 0.5) is 8.78 Å². The second-order valence-corrected chi connectivity index (χ2v) is 10.2. The number of halogens is 2. The van der Waals surface area contributed by atoms with Crippen LogP contribution in [0.15, 0.2) is 122 Å². The van der Waals surface area contributed by atoms with Gasteiger partial charge >= 0.3 is 0 Å². The first-order valence-electron chi connectivity index (χ1n) is 10.8. The van der Waals surface area contributed by atoms with Gasteiger partial charge in [-0.3, -0.25) is 0 Å². The zero-order valence-corrected chi connectivity index (χ0v) is 19.4. The Morgan fingerprint density at radius 3 is 1.79 bits per heavy atom. The van der Waals surface area contributed by atoms with E-state index in [0.717, 1.165) is 10.4 Å². The third-order valence-corrected chi connectivity index (χ3v) is 8.56. The maximum absolute atomic E-state index is 16.4.